The molecule has 0 aromatic carbocycles. The fourth-order valence-electron chi connectivity index (χ4n) is 2.35. The Kier molecular flexibility index (Phi) is 5.15. The smallest absolute Gasteiger partial charge is 0.244 e. The van der Waals surface area contributed by atoms with Gasteiger partial charge in [-0.15, -0.1) is 0 Å². The summed E-state index contributed by atoms with van der Waals surface area (Å²) >= 11 is 0. The third kappa shape index (κ3) is 3.82. The molecule has 2 heterocycles. The van der Waals surface area contributed by atoms with Gasteiger partial charge in [-0.25, -0.2) is 4.98 Å². The highest BCUT2D eigenvalue weighted by Gasteiger charge is 2.22. The van der Waals surface area contributed by atoms with Crippen molar-refractivity contribution >= 4 is 17.7 Å². The fraction of sp³-hybridized carbons (Fsp3) is 0.643. The Hall–Kier alpha value is -1.85. The van der Waals surface area contributed by atoms with Crippen molar-refractivity contribution in [3.05, 3.63) is 12.3 Å². The molecule has 110 valence electrons. The van der Waals surface area contributed by atoms with Gasteiger partial charge in [0.05, 0.1) is 0 Å². The first kappa shape index (κ1) is 14.6. The molecule has 20 heavy (non-hydrogen) atoms. The predicted octanol–water partition coefficient (Wildman–Crippen LogP) is 1.72. The number of hydrogen-bond acceptors (Lipinski definition) is 5. The molecule has 1 amide bonds. The highest BCUT2D eigenvalue weighted by molar-refractivity contribution is 5.84. The molecule has 6 heteroatoms. The Morgan fingerprint density at radius 1 is 1.40 bits per heavy atom. The second kappa shape index (κ2) is 7.07. The second-order valence-electron chi connectivity index (χ2n) is 5.05. The van der Waals surface area contributed by atoms with Crippen LogP contribution in [-0.2, 0) is 4.79 Å². The van der Waals surface area contributed by atoms with Crippen molar-refractivity contribution in [2.24, 2.45) is 0 Å². The summed E-state index contributed by atoms with van der Waals surface area (Å²) in [6.07, 6.45) is 5.13. The zero-order valence-corrected chi connectivity index (χ0v) is 12.2. The summed E-state index contributed by atoms with van der Waals surface area (Å²) in [6, 6.07) is 1.51. The van der Waals surface area contributed by atoms with Gasteiger partial charge in [-0.05, 0) is 39.2 Å². The van der Waals surface area contributed by atoms with Gasteiger partial charge in [0, 0.05) is 25.8 Å². The molecule has 0 aliphatic carbocycles. The van der Waals surface area contributed by atoms with Crippen LogP contribution in [0.3, 0.4) is 0 Å². The Morgan fingerprint density at radius 3 is 2.85 bits per heavy atom. The number of anilines is 2. The molecule has 0 radical (unpaired) electrons. The first-order valence-corrected chi connectivity index (χ1v) is 7.33. The average Bonchev–Trinajstić information content (AvgIpc) is 2.48. The standard InChI is InChI=1S/C14H23N5O/c1-3-15-14-16-8-7-12(18-14)17-11(2)13(20)19-9-5-4-6-10-19/h7-8,11H,3-6,9-10H2,1-2H3,(H2,15,16,17,18). The summed E-state index contributed by atoms with van der Waals surface area (Å²) in [5, 5.41) is 6.21. The van der Waals surface area contributed by atoms with Crippen LogP contribution in [-0.4, -0.2) is 46.5 Å². The lowest BCUT2D eigenvalue weighted by atomic mass is 10.1. The molecule has 1 aromatic heterocycles. The number of likely N-dealkylation sites (tertiary alicyclic amines) is 1. The van der Waals surface area contributed by atoms with Gasteiger partial charge in [0.1, 0.15) is 11.9 Å². The minimum absolute atomic E-state index is 0.147. The molecule has 0 spiro atoms. The maximum Gasteiger partial charge on any atom is 0.244 e. The molecular formula is C14H23N5O. The number of amides is 1. The summed E-state index contributed by atoms with van der Waals surface area (Å²) in [6.45, 7) is 6.39. The van der Waals surface area contributed by atoms with E-state index < -0.39 is 0 Å². The van der Waals surface area contributed by atoms with E-state index in [0.717, 1.165) is 32.5 Å². The van der Waals surface area contributed by atoms with Crippen LogP contribution in [0, 0.1) is 0 Å². The van der Waals surface area contributed by atoms with Crippen molar-refractivity contribution in [1.82, 2.24) is 14.9 Å². The molecule has 1 aliphatic heterocycles. The van der Waals surface area contributed by atoms with Gasteiger partial charge in [0.15, 0.2) is 0 Å². The topological polar surface area (TPSA) is 70.2 Å². The lowest BCUT2D eigenvalue weighted by Gasteiger charge is -2.29. The van der Waals surface area contributed by atoms with Gasteiger partial charge in [-0.2, -0.15) is 4.98 Å². The maximum atomic E-state index is 12.3. The molecule has 0 bridgehead atoms. The third-order valence-electron chi connectivity index (χ3n) is 3.39. The van der Waals surface area contributed by atoms with Gasteiger partial charge in [0.2, 0.25) is 11.9 Å². The van der Waals surface area contributed by atoms with E-state index in [2.05, 4.69) is 20.6 Å². The summed E-state index contributed by atoms with van der Waals surface area (Å²) in [7, 11) is 0. The minimum Gasteiger partial charge on any atom is -0.358 e. The van der Waals surface area contributed by atoms with Crippen LogP contribution in [0.1, 0.15) is 33.1 Å². The molecule has 1 fully saturated rings. The van der Waals surface area contributed by atoms with Crippen LogP contribution in [0.2, 0.25) is 0 Å². The van der Waals surface area contributed by atoms with E-state index in [9.17, 15) is 4.79 Å². The second-order valence-corrected chi connectivity index (χ2v) is 5.05. The van der Waals surface area contributed by atoms with Crippen LogP contribution in [0.25, 0.3) is 0 Å². The number of nitrogens with one attached hydrogen (secondary N) is 2. The maximum absolute atomic E-state index is 12.3. The summed E-state index contributed by atoms with van der Waals surface area (Å²) in [4.78, 5) is 22.7. The first-order chi connectivity index (χ1) is 9.70. The van der Waals surface area contributed by atoms with E-state index in [0.29, 0.717) is 11.8 Å². The van der Waals surface area contributed by atoms with Crippen molar-refractivity contribution in [3.8, 4) is 0 Å². The zero-order chi connectivity index (χ0) is 14.4. The molecular weight excluding hydrogens is 254 g/mol. The number of carbonyl (C=O) groups is 1. The van der Waals surface area contributed by atoms with Crippen LogP contribution >= 0.6 is 0 Å². The van der Waals surface area contributed by atoms with Crippen molar-refractivity contribution < 1.29 is 4.79 Å². The monoisotopic (exact) mass is 277 g/mol. The minimum atomic E-state index is -0.266. The quantitative estimate of drug-likeness (QED) is 0.857. The van der Waals surface area contributed by atoms with Crippen LogP contribution < -0.4 is 10.6 Å². The summed E-state index contributed by atoms with van der Waals surface area (Å²) in [5.41, 5.74) is 0. The normalized spacial score (nSPS) is 16.6. The molecule has 2 N–H and O–H groups in total. The van der Waals surface area contributed by atoms with Gasteiger partial charge in [0.25, 0.3) is 0 Å². The Bertz CT molecular complexity index is 445. The average molecular weight is 277 g/mol. The van der Waals surface area contributed by atoms with E-state index in [1.165, 1.54) is 6.42 Å². The molecule has 0 saturated carbocycles. The fourth-order valence-corrected chi connectivity index (χ4v) is 2.35. The van der Waals surface area contributed by atoms with E-state index in [1.807, 2.05) is 18.7 Å². The number of aromatic nitrogens is 2. The Labute approximate surface area is 120 Å². The SMILES string of the molecule is CCNc1nccc(NC(C)C(=O)N2CCCCC2)n1. The molecule has 1 aromatic rings. The largest absolute Gasteiger partial charge is 0.358 e. The predicted molar refractivity (Wildman–Crippen MR) is 79.7 cm³/mol. The summed E-state index contributed by atoms with van der Waals surface area (Å²) < 4.78 is 0. The first-order valence-electron chi connectivity index (χ1n) is 7.33. The van der Waals surface area contributed by atoms with Crippen LogP contribution in [0.15, 0.2) is 12.3 Å². The van der Waals surface area contributed by atoms with Gasteiger partial charge in [-0.1, -0.05) is 0 Å². The zero-order valence-electron chi connectivity index (χ0n) is 12.2. The van der Waals surface area contributed by atoms with Gasteiger partial charge >= 0.3 is 0 Å². The highest BCUT2D eigenvalue weighted by Crippen LogP contribution is 2.12. The van der Waals surface area contributed by atoms with Crippen LogP contribution in [0.4, 0.5) is 11.8 Å². The van der Waals surface area contributed by atoms with E-state index in [4.69, 9.17) is 0 Å². The third-order valence-corrected chi connectivity index (χ3v) is 3.39. The number of piperidine rings is 1. The van der Waals surface area contributed by atoms with Crippen LogP contribution in [0.5, 0.6) is 0 Å². The van der Waals surface area contributed by atoms with E-state index >= 15 is 0 Å². The molecule has 1 aliphatic rings. The number of hydrogen-bond donors (Lipinski definition) is 2. The van der Waals surface area contributed by atoms with Gasteiger partial charge < -0.3 is 15.5 Å². The number of rotatable bonds is 5. The molecule has 2 rings (SSSR count). The Balaban J connectivity index is 1.94. The van der Waals surface area contributed by atoms with Crippen molar-refractivity contribution in [1.29, 1.82) is 0 Å². The molecule has 6 nitrogen and oxygen atoms in total. The summed E-state index contributed by atoms with van der Waals surface area (Å²) in [5.74, 6) is 1.40. The van der Waals surface area contributed by atoms with E-state index in [1.54, 1.807) is 12.3 Å². The van der Waals surface area contributed by atoms with E-state index in [-0.39, 0.29) is 11.9 Å². The number of carbonyl (C=O) groups excluding carboxylic acids is 1. The van der Waals surface area contributed by atoms with Crippen molar-refractivity contribution in [2.75, 3.05) is 30.3 Å². The number of nitrogens with zero attached hydrogens (tertiary/aromatic N) is 3. The lowest BCUT2D eigenvalue weighted by Crippen LogP contribution is -2.44. The lowest BCUT2D eigenvalue weighted by molar-refractivity contribution is -0.132. The van der Waals surface area contributed by atoms with Gasteiger partial charge in [-0.3, -0.25) is 4.79 Å². The van der Waals surface area contributed by atoms with Crippen molar-refractivity contribution in [3.63, 3.8) is 0 Å². The molecule has 1 unspecified atom stereocenters. The Morgan fingerprint density at radius 2 is 2.15 bits per heavy atom. The van der Waals surface area contributed by atoms with Crippen molar-refractivity contribution in [2.45, 2.75) is 39.2 Å². The molecule has 1 atom stereocenters. The highest BCUT2D eigenvalue weighted by atomic mass is 16.2. The molecule has 1 saturated heterocycles.